The lowest BCUT2D eigenvalue weighted by atomic mass is 10.0. The van der Waals surface area contributed by atoms with Crippen LogP contribution in [0, 0.1) is 53.7 Å². The molecule has 0 unspecified atom stereocenters. The summed E-state index contributed by atoms with van der Waals surface area (Å²) >= 11 is 1.85. The molecule has 0 amide bonds. The normalized spacial score (nSPS) is 10.5. The maximum Gasteiger partial charge on any atom is 0.175 e. The molecule has 44 heavy (non-hydrogen) atoms. The first kappa shape index (κ1) is 32.8. The molecular formula is C26H12F8I2N8. The second-order valence-electron chi connectivity index (χ2n) is 7.95. The van der Waals surface area contributed by atoms with E-state index in [2.05, 4.69) is 39.9 Å². The molecule has 8 nitrogen and oxygen atoms in total. The van der Waals surface area contributed by atoms with Crippen LogP contribution in [0.5, 0.6) is 0 Å². The highest BCUT2D eigenvalue weighted by Crippen LogP contribution is 2.38. The van der Waals surface area contributed by atoms with Gasteiger partial charge in [0.15, 0.2) is 58.2 Å². The quantitative estimate of drug-likeness (QED) is 0.0833. The molecule has 0 bridgehead atoms. The SMILES string of the molecule is Fc1c(F)c(-c2c(F)c(F)c(I)c(F)c2F)c(F)c(F)c1I.c1cnc(-c2ncc[nH]2)cn1.c1cnc(-c2ncc[nH]2)cn1. The number of nitrogens with one attached hydrogen (secondary N) is 2. The van der Waals surface area contributed by atoms with Gasteiger partial charge in [0, 0.05) is 49.6 Å². The van der Waals surface area contributed by atoms with E-state index in [9.17, 15) is 35.1 Å². The third kappa shape index (κ3) is 7.00. The summed E-state index contributed by atoms with van der Waals surface area (Å²) < 4.78 is 107. The van der Waals surface area contributed by atoms with Crippen LogP contribution in [-0.4, -0.2) is 39.9 Å². The number of halogens is 10. The van der Waals surface area contributed by atoms with Gasteiger partial charge in [-0.1, -0.05) is 0 Å². The van der Waals surface area contributed by atoms with Gasteiger partial charge in [-0.25, -0.2) is 55.1 Å². The van der Waals surface area contributed by atoms with Gasteiger partial charge in [-0.15, -0.1) is 0 Å². The lowest BCUT2D eigenvalue weighted by Gasteiger charge is -2.12. The summed E-state index contributed by atoms with van der Waals surface area (Å²) in [5.41, 5.74) is -2.20. The smallest absolute Gasteiger partial charge is 0.175 e. The first-order valence-corrected chi connectivity index (χ1v) is 13.7. The van der Waals surface area contributed by atoms with E-state index in [1.165, 1.54) is 0 Å². The summed E-state index contributed by atoms with van der Waals surface area (Å²) in [5, 5.41) is 0. The van der Waals surface area contributed by atoms with Crippen molar-refractivity contribution in [3.05, 3.63) is 116 Å². The molecule has 0 saturated carbocycles. The topological polar surface area (TPSA) is 109 Å². The summed E-state index contributed by atoms with van der Waals surface area (Å²) in [6, 6.07) is 0. The van der Waals surface area contributed by atoms with Crippen LogP contribution in [0.2, 0.25) is 0 Å². The van der Waals surface area contributed by atoms with Gasteiger partial charge in [0.05, 0.1) is 30.7 Å². The minimum absolute atomic E-state index is 0.748. The molecular weight excluding hydrogens is 830 g/mol. The molecule has 2 aromatic carbocycles. The Morgan fingerprint density at radius 3 is 1.02 bits per heavy atom. The van der Waals surface area contributed by atoms with Crippen molar-refractivity contribution in [2.75, 3.05) is 0 Å². The van der Waals surface area contributed by atoms with Crippen LogP contribution in [0.1, 0.15) is 0 Å². The first-order chi connectivity index (χ1) is 21.0. The molecule has 4 heterocycles. The zero-order chi connectivity index (χ0) is 32.0. The number of aromatic amines is 2. The molecule has 0 atom stereocenters. The van der Waals surface area contributed by atoms with E-state index in [1.807, 2.05) is 0 Å². The number of hydrogen-bond donors (Lipinski definition) is 2. The Balaban J connectivity index is 0.000000167. The minimum Gasteiger partial charge on any atom is -0.343 e. The molecule has 4 aromatic heterocycles. The zero-order valence-electron chi connectivity index (χ0n) is 21.2. The lowest BCUT2D eigenvalue weighted by molar-refractivity contribution is 0.433. The van der Waals surface area contributed by atoms with Crippen LogP contribution >= 0.6 is 45.2 Å². The van der Waals surface area contributed by atoms with Gasteiger partial charge in [0.1, 0.15) is 11.4 Å². The number of H-pyrrole nitrogens is 2. The van der Waals surface area contributed by atoms with Gasteiger partial charge in [-0.2, -0.15) is 0 Å². The Hall–Kier alpha value is -4.08. The number of rotatable bonds is 3. The van der Waals surface area contributed by atoms with Gasteiger partial charge in [0.2, 0.25) is 0 Å². The third-order valence-corrected chi connectivity index (χ3v) is 7.17. The van der Waals surface area contributed by atoms with Crippen LogP contribution < -0.4 is 0 Å². The second kappa shape index (κ2) is 14.6. The fourth-order valence-electron chi connectivity index (χ4n) is 3.30. The van der Waals surface area contributed by atoms with E-state index in [0.29, 0.717) is 0 Å². The Labute approximate surface area is 268 Å². The average molecular weight is 842 g/mol. The number of imidazole rings is 2. The molecule has 6 aromatic rings. The van der Waals surface area contributed by atoms with Crippen molar-refractivity contribution in [1.82, 2.24) is 39.9 Å². The largest absolute Gasteiger partial charge is 0.343 e. The molecule has 0 aliphatic carbocycles. The standard InChI is InChI=1S/C12F8I2.2C7H6N4/c13-3-1(4(14)8(18)11(21)7(3)17)2-5(15)9(19)12(22)10(20)6(2)16;2*1-2-9-6(5-8-1)7-10-3-4-11-7/h;2*1-5H,(H,10,11). The molecule has 0 saturated heterocycles. The Kier molecular flexibility index (Phi) is 10.9. The predicted molar refractivity (Wildman–Crippen MR) is 156 cm³/mol. The van der Waals surface area contributed by atoms with Crippen molar-refractivity contribution >= 4 is 45.2 Å². The molecule has 0 aliphatic rings. The third-order valence-electron chi connectivity index (χ3n) is 5.28. The zero-order valence-corrected chi connectivity index (χ0v) is 25.6. The molecule has 226 valence electrons. The molecule has 2 N–H and O–H groups in total. The van der Waals surface area contributed by atoms with Gasteiger partial charge in [-0.05, 0) is 45.2 Å². The minimum atomic E-state index is -2.17. The first-order valence-electron chi connectivity index (χ1n) is 11.6. The number of aromatic nitrogens is 8. The summed E-state index contributed by atoms with van der Waals surface area (Å²) in [7, 11) is 0. The van der Waals surface area contributed by atoms with Gasteiger partial charge in [-0.3, -0.25) is 9.97 Å². The van der Waals surface area contributed by atoms with Gasteiger partial charge in [0.25, 0.3) is 0 Å². The van der Waals surface area contributed by atoms with Crippen LogP contribution in [-0.2, 0) is 0 Å². The van der Waals surface area contributed by atoms with E-state index in [0.717, 1.165) is 68.2 Å². The van der Waals surface area contributed by atoms with Crippen molar-refractivity contribution in [2.24, 2.45) is 0 Å². The lowest BCUT2D eigenvalue weighted by Crippen LogP contribution is -2.09. The number of hydrogen-bond acceptors (Lipinski definition) is 6. The number of nitrogens with zero attached hydrogens (tertiary/aromatic N) is 6. The molecule has 6 rings (SSSR count). The van der Waals surface area contributed by atoms with Crippen molar-refractivity contribution in [3.8, 4) is 34.2 Å². The highest BCUT2D eigenvalue weighted by Gasteiger charge is 2.33. The van der Waals surface area contributed by atoms with Crippen molar-refractivity contribution in [1.29, 1.82) is 0 Å². The van der Waals surface area contributed by atoms with E-state index in [-0.39, 0.29) is 0 Å². The maximum absolute atomic E-state index is 13.7. The van der Waals surface area contributed by atoms with Crippen LogP contribution in [0.4, 0.5) is 35.1 Å². The Morgan fingerprint density at radius 2 is 0.773 bits per heavy atom. The molecule has 18 heteroatoms. The Bertz CT molecular complexity index is 1670. The van der Waals surface area contributed by atoms with Crippen LogP contribution in [0.25, 0.3) is 34.2 Å². The van der Waals surface area contributed by atoms with Crippen molar-refractivity contribution in [2.45, 2.75) is 0 Å². The van der Waals surface area contributed by atoms with Crippen molar-refractivity contribution < 1.29 is 35.1 Å². The fourth-order valence-corrected chi connectivity index (χ4v) is 4.25. The van der Waals surface area contributed by atoms with Crippen LogP contribution in [0.3, 0.4) is 0 Å². The van der Waals surface area contributed by atoms with E-state index < -0.39 is 64.8 Å². The summed E-state index contributed by atoms with van der Waals surface area (Å²) in [6.45, 7) is 0. The highest BCUT2D eigenvalue weighted by molar-refractivity contribution is 14.1. The predicted octanol–water partition coefficient (Wildman–Crippen LogP) is 7.41. The average Bonchev–Trinajstić information content (AvgIpc) is 3.80. The van der Waals surface area contributed by atoms with E-state index in [4.69, 9.17) is 0 Å². The highest BCUT2D eigenvalue weighted by atomic mass is 127. The second-order valence-corrected chi connectivity index (χ2v) is 10.1. The summed E-state index contributed by atoms with van der Waals surface area (Å²) in [6.07, 6.45) is 16.7. The fraction of sp³-hybridized carbons (Fsp3) is 0. The van der Waals surface area contributed by atoms with Crippen molar-refractivity contribution in [3.63, 3.8) is 0 Å². The molecule has 0 aliphatic heterocycles. The molecule has 0 spiro atoms. The summed E-state index contributed by atoms with van der Waals surface area (Å²) in [4.78, 5) is 29.9. The monoisotopic (exact) mass is 842 g/mol. The summed E-state index contributed by atoms with van der Waals surface area (Å²) in [5.74, 6) is -14.9. The molecule has 0 radical (unpaired) electrons. The van der Waals surface area contributed by atoms with E-state index >= 15 is 0 Å². The van der Waals surface area contributed by atoms with Gasteiger partial charge >= 0.3 is 0 Å². The van der Waals surface area contributed by atoms with Crippen LogP contribution in [0.15, 0.2) is 62.0 Å². The molecule has 0 fully saturated rings. The van der Waals surface area contributed by atoms with E-state index in [1.54, 1.807) is 62.0 Å². The van der Waals surface area contributed by atoms with Gasteiger partial charge < -0.3 is 9.97 Å². The number of benzene rings is 2. The maximum atomic E-state index is 13.7. The Morgan fingerprint density at radius 1 is 0.432 bits per heavy atom.